The van der Waals surface area contributed by atoms with Crippen LogP contribution >= 0.6 is 22.9 Å². The third-order valence-electron chi connectivity index (χ3n) is 4.03. The third kappa shape index (κ3) is 3.63. The molecule has 27 heavy (non-hydrogen) atoms. The summed E-state index contributed by atoms with van der Waals surface area (Å²) in [5.41, 5.74) is 0.228. The Morgan fingerprint density at radius 3 is 2.33 bits per heavy atom. The van der Waals surface area contributed by atoms with E-state index in [1.165, 1.54) is 0 Å². The largest absolute Gasteiger partial charge is 0.434 e. The summed E-state index contributed by atoms with van der Waals surface area (Å²) >= 11 is 6.81. The van der Waals surface area contributed by atoms with Crippen LogP contribution in [0.2, 0.25) is 5.02 Å². The van der Waals surface area contributed by atoms with E-state index >= 15 is 0 Å². The minimum atomic E-state index is -4.55. The molecule has 0 unspecified atom stereocenters. The number of benzene rings is 3. The van der Waals surface area contributed by atoms with Crippen molar-refractivity contribution < 1.29 is 13.2 Å². The van der Waals surface area contributed by atoms with Gasteiger partial charge in [-0.2, -0.15) is 13.2 Å². The molecule has 0 saturated heterocycles. The summed E-state index contributed by atoms with van der Waals surface area (Å²) in [7, 11) is 0. The first-order valence-electron chi connectivity index (χ1n) is 8.00. The summed E-state index contributed by atoms with van der Waals surface area (Å²) in [6, 6.07) is 19.5. The molecule has 0 aliphatic heterocycles. The second-order valence-electron chi connectivity index (χ2n) is 5.85. The SMILES string of the molecule is FC(F)(F)c1nc(Nc2cccc3ccccc23)sc1-c1ccc(Cl)cc1. The van der Waals surface area contributed by atoms with E-state index in [4.69, 9.17) is 11.6 Å². The number of hydrogen-bond acceptors (Lipinski definition) is 3. The van der Waals surface area contributed by atoms with Crippen molar-refractivity contribution in [2.75, 3.05) is 5.32 Å². The van der Waals surface area contributed by atoms with Crippen LogP contribution in [0.15, 0.2) is 66.7 Å². The molecule has 0 radical (unpaired) electrons. The van der Waals surface area contributed by atoms with Gasteiger partial charge in [-0.3, -0.25) is 0 Å². The minimum Gasteiger partial charge on any atom is -0.331 e. The average Bonchev–Trinajstić information content (AvgIpc) is 3.07. The van der Waals surface area contributed by atoms with Crippen LogP contribution in [0.1, 0.15) is 5.69 Å². The van der Waals surface area contributed by atoms with Crippen molar-refractivity contribution in [2.24, 2.45) is 0 Å². The maximum absolute atomic E-state index is 13.5. The Labute approximate surface area is 162 Å². The zero-order chi connectivity index (χ0) is 19.0. The van der Waals surface area contributed by atoms with Crippen LogP contribution < -0.4 is 5.32 Å². The molecule has 0 atom stereocenters. The molecular weight excluding hydrogens is 393 g/mol. The molecule has 0 bridgehead atoms. The van der Waals surface area contributed by atoms with Crippen LogP contribution in [0.4, 0.5) is 24.0 Å². The van der Waals surface area contributed by atoms with Gasteiger partial charge in [-0.15, -0.1) is 0 Å². The Bertz CT molecular complexity index is 1100. The molecule has 7 heteroatoms. The lowest BCUT2D eigenvalue weighted by molar-refractivity contribution is -0.140. The number of hydrogen-bond donors (Lipinski definition) is 1. The van der Waals surface area contributed by atoms with Gasteiger partial charge in [-0.05, 0) is 29.1 Å². The molecule has 4 rings (SSSR count). The molecular formula is C20H12ClF3N2S. The normalized spacial score (nSPS) is 11.7. The van der Waals surface area contributed by atoms with Crippen LogP contribution in [-0.2, 0) is 6.18 Å². The maximum Gasteiger partial charge on any atom is 0.434 e. The number of fused-ring (bicyclic) bond motifs is 1. The Morgan fingerprint density at radius 1 is 0.889 bits per heavy atom. The molecule has 0 amide bonds. The number of thiazole rings is 1. The summed E-state index contributed by atoms with van der Waals surface area (Å²) in [6.07, 6.45) is -4.55. The van der Waals surface area contributed by atoms with Crippen LogP contribution in [0.25, 0.3) is 21.2 Å². The molecule has 0 spiro atoms. The fourth-order valence-electron chi connectivity index (χ4n) is 2.81. The topological polar surface area (TPSA) is 24.9 Å². The molecule has 1 aromatic heterocycles. The van der Waals surface area contributed by atoms with Crippen molar-refractivity contribution in [3.8, 4) is 10.4 Å². The quantitative estimate of drug-likeness (QED) is 0.385. The van der Waals surface area contributed by atoms with E-state index in [9.17, 15) is 13.2 Å². The molecule has 1 heterocycles. The first kappa shape index (κ1) is 17.8. The van der Waals surface area contributed by atoms with Crippen molar-refractivity contribution in [2.45, 2.75) is 6.18 Å². The summed E-state index contributed by atoms with van der Waals surface area (Å²) in [4.78, 5) is 3.89. The number of nitrogens with one attached hydrogen (secondary N) is 1. The average molecular weight is 405 g/mol. The summed E-state index contributed by atoms with van der Waals surface area (Å²) in [5, 5.41) is 5.60. The van der Waals surface area contributed by atoms with Crippen molar-refractivity contribution in [3.05, 3.63) is 77.4 Å². The van der Waals surface area contributed by atoms with Crippen LogP contribution in [0.3, 0.4) is 0 Å². The van der Waals surface area contributed by atoms with E-state index in [0.29, 0.717) is 16.3 Å². The summed E-state index contributed by atoms with van der Waals surface area (Å²) in [6.45, 7) is 0. The Morgan fingerprint density at radius 2 is 1.59 bits per heavy atom. The predicted molar refractivity (Wildman–Crippen MR) is 105 cm³/mol. The molecule has 1 N–H and O–H groups in total. The van der Waals surface area contributed by atoms with E-state index in [2.05, 4.69) is 10.3 Å². The summed E-state index contributed by atoms with van der Waals surface area (Å²) in [5.74, 6) is 0. The minimum absolute atomic E-state index is 0.0573. The number of rotatable bonds is 3. The maximum atomic E-state index is 13.5. The van der Waals surface area contributed by atoms with E-state index in [0.717, 1.165) is 22.1 Å². The Balaban J connectivity index is 1.79. The highest BCUT2D eigenvalue weighted by Crippen LogP contribution is 2.43. The molecule has 0 aliphatic rings. The molecule has 0 saturated carbocycles. The molecule has 3 aromatic carbocycles. The molecule has 0 aliphatic carbocycles. The van der Waals surface area contributed by atoms with Gasteiger partial charge in [0.1, 0.15) is 0 Å². The smallest absolute Gasteiger partial charge is 0.331 e. The Hall–Kier alpha value is -2.57. The number of alkyl halides is 3. The zero-order valence-electron chi connectivity index (χ0n) is 13.7. The molecule has 4 aromatic rings. The van der Waals surface area contributed by atoms with Gasteiger partial charge in [0.25, 0.3) is 0 Å². The second-order valence-corrected chi connectivity index (χ2v) is 7.29. The van der Waals surface area contributed by atoms with E-state index in [1.54, 1.807) is 24.3 Å². The molecule has 136 valence electrons. The van der Waals surface area contributed by atoms with E-state index in [1.807, 2.05) is 42.5 Å². The lowest BCUT2D eigenvalue weighted by atomic mass is 10.1. The number of halogens is 4. The fourth-order valence-corrected chi connectivity index (χ4v) is 3.94. The van der Waals surface area contributed by atoms with Crippen molar-refractivity contribution >= 4 is 44.5 Å². The molecule has 0 fully saturated rings. The highest BCUT2D eigenvalue weighted by atomic mass is 35.5. The van der Waals surface area contributed by atoms with Gasteiger partial charge in [0.2, 0.25) is 0 Å². The lowest BCUT2D eigenvalue weighted by Gasteiger charge is -2.07. The van der Waals surface area contributed by atoms with Crippen LogP contribution in [0, 0.1) is 0 Å². The van der Waals surface area contributed by atoms with Gasteiger partial charge in [0.15, 0.2) is 10.8 Å². The first-order chi connectivity index (χ1) is 12.9. The van der Waals surface area contributed by atoms with Gasteiger partial charge in [0.05, 0.1) is 4.88 Å². The third-order valence-corrected chi connectivity index (χ3v) is 5.31. The van der Waals surface area contributed by atoms with Crippen molar-refractivity contribution in [1.82, 2.24) is 4.98 Å². The van der Waals surface area contributed by atoms with E-state index < -0.39 is 11.9 Å². The molecule has 2 nitrogen and oxygen atoms in total. The standard InChI is InChI=1S/C20H12ClF3N2S/c21-14-10-8-13(9-11-14)17-18(20(22,23)24)26-19(27-17)25-16-7-3-5-12-4-1-2-6-15(12)16/h1-11H,(H,25,26). The Kier molecular flexibility index (Phi) is 4.53. The van der Waals surface area contributed by atoms with Gasteiger partial charge >= 0.3 is 6.18 Å². The number of anilines is 2. The van der Waals surface area contributed by atoms with Crippen molar-refractivity contribution in [3.63, 3.8) is 0 Å². The lowest BCUT2D eigenvalue weighted by Crippen LogP contribution is -2.07. The zero-order valence-corrected chi connectivity index (χ0v) is 15.3. The van der Waals surface area contributed by atoms with Gasteiger partial charge in [-0.1, -0.05) is 71.5 Å². The fraction of sp³-hybridized carbons (Fsp3) is 0.0500. The highest BCUT2D eigenvalue weighted by molar-refractivity contribution is 7.19. The summed E-state index contributed by atoms with van der Waals surface area (Å²) < 4.78 is 40.5. The number of nitrogens with zero attached hydrogens (tertiary/aromatic N) is 1. The second kappa shape index (κ2) is 6.87. The monoisotopic (exact) mass is 404 g/mol. The van der Waals surface area contributed by atoms with Crippen LogP contribution in [0.5, 0.6) is 0 Å². The van der Waals surface area contributed by atoms with Crippen LogP contribution in [-0.4, -0.2) is 4.98 Å². The first-order valence-corrected chi connectivity index (χ1v) is 9.20. The van der Waals surface area contributed by atoms with E-state index in [-0.39, 0.29) is 10.0 Å². The predicted octanol–water partition coefficient (Wildman–Crippen LogP) is 7.38. The highest BCUT2D eigenvalue weighted by Gasteiger charge is 2.38. The number of aromatic nitrogens is 1. The van der Waals surface area contributed by atoms with Gasteiger partial charge in [0, 0.05) is 16.1 Å². The van der Waals surface area contributed by atoms with Crippen molar-refractivity contribution in [1.29, 1.82) is 0 Å². The van der Waals surface area contributed by atoms with Gasteiger partial charge < -0.3 is 5.32 Å². The van der Waals surface area contributed by atoms with Gasteiger partial charge in [-0.25, -0.2) is 4.98 Å².